The summed E-state index contributed by atoms with van der Waals surface area (Å²) >= 11 is 0. The van der Waals surface area contributed by atoms with Gasteiger partial charge in [0.25, 0.3) is 10.2 Å². The second kappa shape index (κ2) is 9.16. The summed E-state index contributed by atoms with van der Waals surface area (Å²) in [4.78, 5) is 1.27. The minimum Gasteiger partial charge on any atom is -0.375 e. The summed E-state index contributed by atoms with van der Waals surface area (Å²) in [6, 6.07) is -2.25. The number of piperazine rings is 1. The van der Waals surface area contributed by atoms with Crippen LogP contribution in [0.25, 0.3) is 0 Å². The molecule has 0 aliphatic carbocycles. The highest BCUT2D eigenvalue weighted by molar-refractivity contribution is 7.87. The maximum absolute atomic E-state index is 13.3. The van der Waals surface area contributed by atoms with E-state index in [4.69, 9.17) is 4.74 Å². The van der Waals surface area contributed by atoms with Crippen molar-refractivity contribution in [1.29, 1.82) is 0 Å². The minimum atomic E-state index is -4.50. The van der Waals surface area contributed by atoms with Gasteiger partial charge in [-0.05, 0) is 13.8 Å². The average molecular weight is 411 g/mol. The molecule has 0 spiro atoms. The Kier molecular flexibility index (Phi) is 8.38. The number of nitrogens with one attached hydrogen (secondary N) is 2. The van der Waals surface area contributed by atoms with Crippen molar-refractivity contribution >= 4 is 22.6 Å². The van der Waals surface area contributed by atoms with Crippen LogP contribution in [0.4, 0.5) is 13.2 Å². The van der Waals surface area contributed by atoms with Crippen molar-refractivity contribution in [3.63, 3.8) is 0 Å². The predicted molar refractivity (Wildman–Crippen MR) is 90.0 cm³/mol. The van der Waals surface area contributed by atoms with Crippen LogP contribution in [0.3, 0.4) is 0 Å². The third-order valence-electron chi connectivity index (χ3n) is 4.29. The van der Waals surface area contributed by atoms with E-state index in [1.54, 1.807) is 13.8 Å². The van der Waals surface area contributed by atoms with Crippen molar-refractivity contribution in [1.82, 2.24) is 19.2 Å². The number of ether oxygens (including phenoxy) is 1. The lowest BCUT2D eigenvalue weighted by molar-refractivity contribution is -0.182. The summed E-state index contributed by atoms with van der Waals surface area (Å²) in [5.41, 5.74) is 0. The SMILES string of the molecule is CC1CN(S(=O)(=O)NCC(N2CCNCC2)C(F)(F)F)C(C)CO1.Cl. The maximum atomic E-state index is 13.3. The topological polar surface area (TPSA) is 73.9 Å². The molecule has 0 aromatic rings. The van der Waals surface area contributed by atoms with Crippen molar-refractivity contribution < 1.29 is 26.3 Å². The van der Waals surface area contributed by atoms with Crippen molar-refractivity contribution in [2.45, 2.75) is 38.2 Å². The van der Waals surface area contributed by atoms with E-state index in [0.29, 0.717) is 13.1 Å². The van der Waals surface area contributed by atoms with E-state index >= 15 is 0 Å². The number of morpholine rings is 1. The predicted octanol–water partition coefficient (Wildman–Crippen LogP) is 0.188. The van der Waals surface area contributed by atoms with E-state index in [9.17, 15) is 21.6 Å². The number of rotatable bonds is 5. The Morgan fingerprint density at radius 1 is 1.28 bits per heavy atom. The molecule has 2 N–H and O–H groups in total. The summed E-state index contributed by atoms with van der Waals surface area (Å²) in [7, 11) is -4.00. The molecule has 2 saturated heterocycles. The van der Waals surface area contributed by atoms with Gasteiger partial charge in [-0.2, -0.15) is 25.9 Å². The maximum Gasteiger partial charge on any atom is 0.405 e. The molecule has 7 nitrogen and oxygen atoms in total. The Balaban J connectivity index is 0.00000312. The molecule has 12 heteroatoms. The van der Waals surface area contributed by atoms with Gasteiger partial charge in [-0.15, -0.1) is 12.4 Å². The summed E-state index contributed by atoms with van der Waals surface area (Å²) in [5, 5.41) is 2.99. The summed E-state index contributed by atoms with van der Waals surface area (Å²) in [6.45, 7) is 4.44. The molecule has 0 aromatic carbocycles. The Morgan fingerprint density at radius 2 is 1.88 bits per heavy atom. The first-order chi connectivity index (χ1) is 11.1. The Hall–Kier alpha value is -0.170. The fourth-order valence-corrected chi connectivity index (χ4v) is 4.40. The summed E-state index contributed by atoms with van der Waals surface area (Å²) < 4.78 is 73.5. The van der Waals surface area contributed by atoms with Gasteiger partial charge in [0.05, 0.1) is 12.7 Å². The highest BCUT2D eigenvalue weighted by Gasteiger charge is 2.45. The molecule has 2 heterocycles. The van der Waals surface area contributed by atoms with Gasteiger partial charge in [-0.1, -0.05) is 0 Å². The Bertz CT molecular complexity index is 517. The fourth-order valence-electron chi connectivity index (χ4n) is 2.92. The standard InChI is InChI=1S/C13H25F3N4O3S.ClH/c1-10-9-23-11(2)8-20(10)24(21,22)18-7-12(13(14,15)16)19-5-3-17-4-6-19;/h10-12,17-18H,3-9H2,1-2H3;1H. The van der Waals surface area contributed by atoms with E-state index in [2.05, 4.69) is 10.0 Å². The van der Waals surface area contributed by atoms with Crippen LogP contribution in [0.1, 0.15) is 13.8 Å². The van der Waals surface area contributed by atoms with Crippen LogP contribution in [0, 0.1) is 0 Å². The molecule has 3 unspecified atom stereocenters. The van der Waals surface area contributed by atoms with E-state index in [1.807, 2.05) is 0 Å². The molecule has 0 aromatic heterocycles. The van der Waals surface area contributed by atoms with Gasteiger partial charge in [0.15, 0.2) is 0 Å². The lowest BCUT2D eigenvalue weighted by Crippen LogP contribution is -2.60. The molecule has 2 rings (SSSR count). The van der Waals surface area contributed by atoms with Crippen molar-refractivity contribution in [3.05, 3.63) is 0 Å². The van der Waals surface area contributed by atoms with Crippen LogP contribution in [-0.4, -0.2) is 87.9 Å². The van der Waals surface area contributed by atoms with E-state index in [-0.39, 0.29) is 44.8 Å². The molecule has 0 saturated carbocycles. The zero-order valence-electron chi connectivity index (χ0n) is 14.3. The zero-order chi connectivity index (χ0) is 18.0. The number of nitrogens with zero attached hydrogens (tertiary/aromatic N) is 2. The number of halogens is 4. The highest BCUT2D eigenvalue weighted by atomic mass is 35.5. The first-order valence-electron chi connectivity index (χ1n) is 8.01. The van der Waals surface area contributed by atoms with Crippen LogP contribution >= 0.6 is 12.4 Å². The van der Waals surface area contributed by atoms with Crippen molar-refractivity contribution in [2.75, 3.05) is 45.9 Å². The number of hydrogen-bond donors (Lipinski definition) is 2. The normalized spacial score (nSPS) is 28.4. The van der Waals surface area contributed by atoms with Crippen molar-refractivity contribution in [2.24, 2.45) is 0 Å². The molecule has 2 aliphatic rings. The van der Waals surface area contributed by atoms with Gasteiger partial charge in [-0.3, -0.25) is 4.90 Å². The molecule has 0 amide bonds. The van der Waals surface area contributed by atoms with Gasteiger partial charge < -0.3 is 10.1 Å². The van der Waals surface area contributed by atoms with Crippen molar-refractivity contribution in [3.8, 4) is 0 Å². The van der Waals surface area contributed by atoms with Crippen LogP contribution in [0.5, 0.6) is 0 Å². The van der Waals surface area contributed by atoms with Crippen LogP contribution in [-0.2, 0) is 14.9 Å². The second-order valence-electron chi connectivity index (χ2n) is 6.26. The molecule has 2 fully saturated rings. The zero-order valence-corrected chi connectivity index (χ0v) is 15.9. The Morgan fingerprint density at radius 3 is 2.44 bits per heavy atom. The van der Waals surface area contributed by atoms with E-state index in [0.717, 1.165) is 0 Å². The first kappa shape index (κ1) is 22.9. The fraction of sp³-hybridized carbons (Fsp3) is 1.00. The van der Waals surface area contributed by atoms with Gasteiger partial charge in [-0.25, -0.2) is 4.72 Å². The second-order valence-corrected chi connectivity index (χ2v) is 7.97. The molecular formula is C13H26ClF3N4O3S. The Labute approximate surface area is 152 Å². The first-order valence-corrected chi connectivity index (χ1v) is 9.45. The van der Waals surface area contributed by atoms with Crippen LogP contribution in [0.2, 0.25) is 0 Å². The van der Waals surface area contributed by atoms with Crippen LogP contribution < -0.4 is 10.0 Å². The summed E-state index contributed by atoms with van der Waals surface area (Å²) in [6.07, 6.45) is -4.78. The van der Waals surface area contributed by atoms with Gasteiger partial charge in [0.1, 0.15) is 6.04 Å². The molecule has 25 heavy (non-hydrogen) atoms. The molecule has 150 valence electrons. The molecule has 0 radical (unpaired) electrons. The minimum absolute atomic E-state index is 0. The molecular weight excluding hydrogens is 385 g/mol. The van der Waals surface area contributed by atoms with E-state index in [1.165, 1.54) is 9.21 Å². The monoisotopic (exact) mass is 410 g/mol. The van der Waals surface area contributed by atoms with Crippen LogP contribution in [0.15, 0.2) is 0 Å². The highest BCUT2D eigenvalue weighted by Crippen LogP contribution is 2.25. The van der Waals surface area contributed by atoms with Gasteiger partial charge >= 0.3 is 6.18 Å². The third kappa shape index (κ3) is 6.19. The lowest BCUT2D eigenvalue weighted by atomic mass is 10.2. The molecule has 3 atom stereocenters. The van der Waals surface area contributed by atoms with Gasteiger partial charge in [0.2, 0.25) is 0 Å². The number of alkyl halides is 3. The number of hydrogen-bond acceptors (Lipinski definition) is 5. The largest absolute Gasteiger partial charge is 0.405 e. The van der Waals surface area contributed by atoms with E-state index < -0.39 is 35.0 Å². The van der Waals surface area contributed by atoms with Gasteiger partial charge in [0, 0.05) is 45.3 Å². The average Bonchev–Trinajstić information content (AvgIpc) is 2.49. The molecule has 0 bridgehead atoms. The summed E-state index contributed by atoms with van der Waals surface area (Å²) in [5.74, 6) is 0. The molecule has 2 aliphatic heterocycles. The third-order valence-corrected chi connectivity index (χ3v) is 5.95. The smallest absolute Gasteiger partial charge is 0.375 e. The lowest BCUT2D eigenvalue weighted by Gasteiger charge is -2.38. The quantitative estimate of drug-likeness (QED) is 0.677.